The van der Waals surface area contributed by atoms with E-state index in [4.69, 9.17) is 29.7 Å². The van der Waals surface area contributed by atoms with Crippen molar-refractivity contribution in [1.29, 1.82) is 0 Å². The Kier molecular flexibility index (Phi) is 13.9. The summed E-state index contributed by atoms with van der Waals surface area (Å²) in [4.78, 5) is 63.9. The molecule has 0 unspecified atom stereocenters. The summed E-state index contributed by atoms with van der Waals surface area (Å²) in [6.45, 7) is 5.76. The number of imidazole rings is 1. The third kappa shape index (κ3) is 11.3. The molecule has 0 aliphatic heterocycles. The Morgan fingerprint density at radius 1 is 0.961 bits per heavy atom. The number of anilines is 2. The maximum Gasteiger partial charge on any atom is 0.508 e. The van der Waals surface area contributed by atoms with Crippen molar-refractivity contribution >= 4 is 52.5 Å². The van der Waals surface area contributed by atoms with E-state index < -0.39 is 18.2 Å². The third-order valence-corrected chi connectivity index (χ3v) is 7.40. The number of aliphatic imine (C=N–C) groups is 1. The molecule has 0 saturated carbocycles. The van der Waals surface area contributed by atoms with E-state index in [9.17, 15) is 19.2 Å². The number of unbranched alkanes of at least 4 members (excludes halogenated alkanes) is 1. The molecule has 3 N–H and O–H groups in total. The number of amidine groups is 1. The summed E-state index contributed by atoms with van der Waals surface area (Å²) in [5.74, 6) is 0.214. The van der Waals surface area contributed by atoms with Crippen LogP contribution >= 0.6 is 0 Å². The van der Waals surface area contributed by atoms with Crippen molar-refractivity contribution in [2.24, 2.45) is 17.8 Å². The lowest BCUT2D eigenvalue weighted by Crippen LogP contribution is -2.34. The zero-order chi connectivity index (χ0) is 36.8. The molecule has 0 aliphatic carbocycles. The summed E-state index contributed by atoms with van der Waals surface area (Å²) in [5.41, 5.74) is 9.16. The van der Waals surface area contributed by atoms with Gasteiger partial charge >= 0.3 is 18.2 Å². The standard InChI is InChI=1S/C36H43N7O8/c1-5-6-19-49-35(46)41-33(37)25-10-13-27(14-11-25)39-23-31-40-28-22-26(12-15-29(28)42(31)4)34(45)43(30-9-7-8-17-38-30)18-16-32(44)48-20-21-50-36(47)51-24(2)3/h7-15,17,22,24,39H,5-6,16,18-21,23H2,1-4H3,(H2,37,41,46). The zero-order valence-corrected chi connectivity index (χ0v) is 29.2. The van der Waals surface area contributed by atoms with Crippen LogP contribution in [0.1, 0.15) is 61.8 Å². The lowest BCUT2D eigenvalue weighted by atomic mass is 10.1. The van der Waals surface area contributed by atoms with Crippen molar-refractivity contribution in [2.45, 2.75) is 52.7 Å². The number of ether oxygens (including phenoxy) is 4. The number of benzene rings is 2. The minimum absolute atomic E-state index is 0.000307. The van der Waals surface area contributed by atoms with Crippen LogP contribution in [-0.2, 0) is 37.3 Å². The summed E-state index contributed by atoms with van der Waals surface area (Å²) in [6, 6.07) is 17.5. The number of aromatic nitrogens is 3. The number of carbonyl (C=O) groups excluding carboxylic acids is 4. The van der Waals surface area contributed by atoms with Crippen LogP contribution in [-0.4, -0.2) is 77.0 Å². The molecule has 2 heterocycles. The fourth-order valence-electron chi connectivity index (χ4n) is 4.75. The minimum Gasteiger partial charge on any atom is -0.462 e. The molecule has 0 aliphatic rings. The average molecular weight is 702 g/mol. The Labute approximate surface area is 295 Å². The highest BCUT2D eigenvalue weighted by Gasteiger charge is 2.22. The number of esters is 1. The summed E-state index contributed by atoms with van der Waals surface area (Å²) in [7, 11) is 1.89. The highest BCUT2D eigenvalue weighted by molar-refractivity contribution is 6.07. The van der Waals surface area contributed by atoms with Gasteiger partial charge in [0, 0.05) is 36.6 Å². The molecule has 2 aromatic carbocycles. The van der Waals surface area contributed by atoms with Crippen LogP contribution in [0.25, 0.3) is 11.0 Å². The highest BCUT2D eigenvalue weighted by Crippen LogP contribution is 2.21. The Hall–Kier alpha value is -5.99. The maximum absolute atomic E-state index is 13.8. The van der Waals surface area contributed by atoms with Crippen molar-refractivity contribution < 1.29 is 38.1 Å². The highest BCUT2D eigenvalue weighted by atomic mass is 16.7. The van der Waals surface area contributed by atoms with Crippen LogP contribution in [0.4, 0.5) is 21.1 Å². The number of hydrogen-bond donors (Lipinski definition) is 2. The minimum atomic E-state index is -0.844. The molecule has 270 valence electrons. The fraction of sp³-hybridized carbons (Fsp3) is 0.361. The molecule has 0 radical (unpaired) electrons. The molecule has 0 bridgehead atoms. The van der Waals surface area contributed by atoms with E-state index in [1.165, 1.54) is 4.90 Å². The first-order chi connectivity index (χ1) is 24.5. The number of aryl methyl sites for hydroxylation is 1. The molecule has 0 saturated heterocycles. The number of hydrogen-bond acceptors (Lipinski definition) is 11. The predicted octanol–water partition coefficient (Wildman–Crippen LogP) is 5.36. The number of pyridine rings is 1. The van der Waals surface area contributed by atoms with Crippen LogP contribution in [0.5, 0.6) is 0 Å². The first kappa shape index (κ1) is 37.8. The van der Waals surface area contributed by atoms with Gasteiger partial charge in [-0.15, -0.1) is 0 Å². The lowest BCUT2D eigenvalue weighted by Gasteiger charge is -2.21. The molecule has 15 heteroatoms. The van der Waals surface area contributed by atoms with E-state index in [0.29, 0.717) is 35.6 Å². The number of carbonyl (C=O) groups is 4. The van der Waals surface area contributed by atoms with Crippen molar-refractivity contribution in [1.82, 2.24) is 14.5 Å². The van der Waals surface area contributed by atoms with Crippen molar-refractivity contribution in [3.8, 4) is 0 Å². The van der Waals surface area contributed by atoms with Gasteiger partial charge < -0.3 is 34.6 Å². The molecule has 4 rings (SSSR count). The van der Waals surface area contributed by atoms with Crippen molar-refractivity contribution in [3.63, 3.8) is 0 Å². The van der Waals surface area contributed by atoms with E-state index in [1.807, 2.05) is 36.7 Å². The molecule has 0 fully saturated rings. The quantitative estimate of drug-likeness (QED) is 0.0501. The number of nitrogens with zero attached hydrogens (tertiary/aromatic N) is 5. The summed E-state index contributed by atoms with van der Waals surface area (Å²) >= 11 is 0. The maximum atomic E-state index is 13.8. The summed E-state index contributed by atoms with van der Waals surface area (Å²) in [6.07, 6.45) is 1.22. The molecule has 0 atom stereocenters. The second kappa shape index (κ2) is 18.7. The van der Waals surface area contributed by atoms with E-state index in [-0.39, 0.29) is 44.0 Å². The molecule has 4 aromatic rings. The molecule has 15 nitrogen and oxygen atoms in total. The van der Waals surface area contributed by atoms with Gasteiger partial charge in [-0.2, -0.15) is 4.99 Å². The van der Waals surface area contributed by atoms with Gasteiger partial charge in [-0.3, -0.25) is 14.5 Å². The SMILES string of the molecule is CCCCOC(=O)/N=C(\N)c1ccc(NCc2nc3cc(C(=O)N(CCC(=O)OCCOC(=O)OC(C)C)c4ccccn4)ccc3n2C)cc1. The molecular formula is C36H43N7O8. The number of fused-ring (bicyclic) bond motifs is 1. The van der Waals surface area contributed by atoms with Gasteiger partial charge in [0.25, 0.3) is 5.91 Å². The van der Waals surface area contributed by atoms with E-state index in [2.05, 4.69) is 15.3 Å². The van der Waals surface area contributed by atoms with Crippen LogP contribution < -0.4 is 16.0 Å². The van der Waals surface area contributed by atoms with Crippen LogP contribution in [0.2, 0.25) is 0 Å². The topological polar surface area (TPSA) is 190 Å². The van der Waals surface area contributed by atoms with Gasteiger partial charge in [-0.1, -0.05) is 19.4 Å². The van der Waals surface area contributed by atoms with Crippen LogP contribution in [0, 0.1) is 0 Å². The van der Waals surface area contributed by atoms with Gasteiger partial charge in [-0.25, -0.2) is 19.6 Å². The van der Waals surface area contributed by atoms with Crippen LogP contribution in [0.3, 0.4) is 0 Å². The molecule has 2 aromatic heterocycles. The van der Waals surface area contributed by atoms with Crippen molar-refractivity contribution in [2.75, 3.05) is 36.6 Å². The zero-order valence-electron chi connectivity index (χ0n) is 29.2. The van der Waals surface area contributed by atoms with Gasteiger partial charge in [0.1, 0.15) is 30.7 Å². The van der Waals surface area contributed by atoms with Gasteiger partial charge in [0.15, 0.2) is 0 Å². The second-order valence-corrected chi connectivity index (χ2v) is 11.6. The Bertz CT molecular complexity index is 1820. The molecule has 0 spiro atoms. The number of rotatable bonds is 16. The first-order valence-corrected chi connectivity index (χ1v) is 16.6. The number of nitrogens with two attached hydrogens (primary N) is 1. The van der Waals surface area contributed by atoms with Gasteiger partial charge in [-0.05, 0) is 74.9 Å². The van der Waals surface area contributed by atoms with E-state index in [0.717, 1.165) is 29.9 Å². The van der Waals surface area contributed by atoms with Crippen LogP contribution in [0.15, 0.2) is 71.9 Å². The van der Waals surface area contributed by atoms with Crippen molar-refractivity contribution in [3.05, 3.63) is 83.8 Å². The second-order valence-electron chi connectivity index (χ2n) is 11.6. The largest absolute Gasteiger partial charge is 0.508 e. The molecule has 51 heavy (non-hydrogen) atoms. The molecular weight excluding hydrogens is 658 g/mol. The van der Waals surface area contributed by atoms with E-state index >= 15 is 0 Å². The summed E-state index contributed by atoms with van der Waals surface area (Å²) < 4.78 is 21.9. The van der Waals surface area contributed by atoms with E-state index in [1.54, 1.807) is 62.5 Å². The first-order valence-electron chi connectivity index (χ1n) is 16.6. The third-order valence-electron chi connectivity index (χ3n) is 7.40. The van der Waals surface area contributed by atoms with Gasteiger partial charge in [0.2, 0.25) is 0 Å². The Morgan fingerprint density at radius 3 is 2.41 bits per heavy atom. The lowest BCUT2D eigenvalue weighted by molar-refractivity contribution is -0.144. The number of amides is 2. The average Bonchev–Trinajstić information content (AvgIpc) is 3.43. The number of nitrogens with one attached hydrogen (secondary N) is 1. The Morgan fingerprint density at radius 2 is 1.71 bits per heavy atom. The monoisotopic (exact) mass is 701 g/mol. The predicted molar refractivity (Wildman–Crippen MR) is 191 cm³/mol. The Balaban J connectivity index is 1.38. The molecule has 2 amide bonds. The van der Waals surface area contributed by atoms with Gasteiger partial charge in [0.05, 0.1) is 36.7 Å². The normalized spacial score (nSPS) is 11.3. The smallest absolute Gasteiger partial charge is 0.462 e. The fourth-order valence-corrected chi connectivity index (χ4v) is 4.75. The summed E-state index contributed by atoms with van der Waals surface area (Å²) in [5, 5.41) is 3.33.